The van der Waals surface area contributed by atoms with Crippen LogP contribution in [0.3, 0.4) is 0 Å². The fourth-order valence-corrected chi connectivity index (χ4v) is 3.87. The van der Waals surface area contributed by atoms with Crippen molar-refractivity contribution < 1.29 is 8.42 Å². The van der Waals surface area contributed by atoms with Crippen LogP contribution in [0.1, 0.15) is 22.7 Å². The predicted molar refractivity (Wildman–Crippen MR) is 109 cm³/mol. The van der Waals surface area contributed by atoms with E-state index in [1.54, 1.807) is 48.5 Å². The molecule has 0 saturated heterocycles. The summed E-state index contributed by atoms with van der Waals surface area (Å²) >= 11 is 6.29. The molecule has 0 aliphatic heterocycles. The van der Waals surface area contributed by atoms with Crippen LogP contribution in [0.4, 0.5) is 0 Å². The minimum Gasteiger partial charge on any atom is -0.207 e. The van der Waals surface area contributed by atoms with Gasteiger partial charge in [0.25, 0.3) is 0 Å². The molecule has 0 aromatic heterocycles. The molecule has 0 amide bonds. The Morgan fingerprint density at radius 2 is 1.52 bits per heavy atom. The zero-order valence-corrected chi connectivity index (χ0v) is 16.3. The molecule has 0 saturated carbocycles. The first kappa shape index (κ1) is 19.2. The van der Waals surface area contributed by atoms with Crippen LogP contribution in [0.25, 0.3) is 0 Å². The Morgan fingerprint density at radius 3 is 2.19 bits per heavy atom. The molecule has 0 heterocycles. The van der Waals surface area contributed by atoms with Gasteiger partial charge in [0.1, 0.15) is 6.04 Å². The van der Waals surface area contributed by atoms with Gasteiger partial charge >= 0.3 is 0 Å². The Morgan fingerprint density at radius 1 is 0.889 bits per heavy atom. The molecule has 0 radical (unpaired) electrons. The van der Waals surface area contributed by atoms with E-state index in [-0.39, 0.29) is 4.90 Å². The van der Waals surface area contributed by atoms with Crippen molar-refractivity contribution in [2.45, 2.75) is 17.9 Å². The average molecular weight is 396 g/mol. The summed E-state index contributed by atoms with van der Waals surface area (Å²) in [6.07, 6.45) is 0. The molecule has 5 heteroatoms. The Hall–Kier alpha value is -2.58. The van der Waals surface area contributed by atoms with Crippen molar-refractivity contribution in [1.82, 2.24) is 4.72 Å². The minimum atomic E-state index is -3.76. The van der Waals surface area contributed by atoms with E-state index < -0.39 is 16.1 Å². The van der Waals surface area contributed by atoms with Crippen molar-refractivity contribution in [2.24, 2.45) is 0 Å². The highest BCUT2D eigenvalue weighted by molar-refractivity contribution is 7.89. The van der Waals surface area contributed by atoms with E-state index in [1.807, 2.05) is 37.3 Å². The summed E-state index contributed by atoms with van der Waals surface area (Å²) in [4.78, 5) is 0.187. The summed E-state index contributed by atoms with van der Waals surface area (Å²) in [5, 5.41) is 0.455. The van der Waals surface area contributed by atoms with Crippen LogP contribution in [0.15, 0.2) is 83.8 Å². The lowest BCUT2D eigenvalue weighted by Gasteiger charge is -2.15. The summed E-state index contributed by atoms with van der Waals surface area (Å²) in [6, 6.07) is 22.4. The van der Waals surface area contributed by atoms with E-state index in [2.05, 4.69) is 16.6 Å². The van der Waals surface area contributed by atoms with Gasteiger partial charge in [-0.15, -0.1) is 0 Å². The number of nitrogens with one attached hydrogen (secondary N) is 1. The molecule has 3 aromatic carbocycles. The molecule has 3 aromatic rings. The second-order valence-corrected chi connectivity index (χ2v) is 8.15. The summed E-state index contributed by atoms with van der Waals surface area (Å²) in [5.41, 5.74) is 2.39. The molecular formula is C22H18ClNO2S. The molecule has 27 heavy (non-hydrogen) atoms. The largest absolute Gasteiger partial charge is 0.241 e. The van der Waals surface area contributed by atoms with Crippen LogP contribution in [0.5, 0.6) is 0 Å². The van der Waals surface area contributed by atoms with E-state index in [0.29, 0.717) is 10.6 Å². The molecule has 3 rings (SSSR count). The van der Waals surface area contributed by atoms with Gasteiger partial charge in [-0.2, -0.15) is 4.72 Å². The fourth-order valence-electron chi connectivity index (χ4n) is 2.50. The molecule has 0 bridgehead atoms. The lowest BCUT2D eigenvalue weighted by Crippen LogP contribution is -2.28. The standard InChI is InChI=1S/C22H18ClNO2S/c1-17-11-14-19(15-12-17)27(25,26)24-22(20-9-5-6-10-21(20)23)16-13-18-7-3-2-4-8-18/h2-12,14-15,22,24H,1H3. The highest BCUT2D eigenvalue weighted by atomic mass is 35.5. The normalized spacial score (nSPS) is 12.1. The van der Waals surface area contributed by atoms with Gasteiger partial charge in [-0.25, -0.2) is 8.42 Å². The van der Waals surface area contributed by atoms with Crippen molar-refractivity contribution in [3.8, 4) is 11.8 Å². The highest BCUT2D eigenvalue weighted by Gasteiger charge is 2.21. The highest BCUT2D eigenvalue weighted by Crippen LogP contribution is 2.24. The summed E-state index contributed by atoms with van der Waals surface area (Å²) in [7, 11) is -3.76. The second kappa shape index (κ2) is 8.41. The van der Waals surface area contributed by atoms with Crippen molar-refractivity contribution in [1.29, 1.82) is 0 Å². The maximum Gasteiger partial charge on any atom is 0.241 e. The molecule has 3 nitrogen and oxygen atoms in total. The summed E-state index contributed by atoms with van der Waals surface area (Å²) < 4.78 is 28.3. The molecule has 1 unspecified atom stereocenters. The molecule has 1 N–H and O–H groups in total. The van der Waals surface area contributed by atoms with Crippen molar-refractivity contribution >= 4 is 21.6 Å². The first-order valence-electron chi connectivity index (χ1n) is 8.36. The molecule has 1 atom stereocenters. The van der Waals surface area contributed by atoms with E-state index in [4.69, 9.17) is 11.6 Å². The maximum atomic E-state index is 12.8. The zero-order chi connectivity index (χ0) is 19.3. The Bertz CT molecular complexity index is 1080. The lowest BCUT2D eigenvalue weighted by atomic mass is 10.1. The quantitative estimate of drug-likeness (QED) is 0.649. The Labute approximate surface area is 165 Å². The van der Waals surface area contributed by atoms with Crippen LogP contribution >= 0.6 is 11.6 Å². The second-order valence-electron chi connectivity index (χ2n) is 6.02. The monoisotopic (exact) mass is 395 g/mol. The summed E-state index contributed by atoms with van der Waals surface area (Å²) in [6.45, 7) is 1.90. The van der Waals surface area contributed by atoms with Crippen LogP contribution in [0, 0.1) is 18.8 Å². The third-order valence-electron chi connectivity index (χ3n) is 3.96. The van der Waals surface area contributed by atoms with E-state index in [0.717, 1.165) is 11.1 Å². The molecule has 0 fully saturated rings. The Balaban J connectivity index is 1.99. The van der Waals surface area contributed by atoms with Gasteiger partial charge in [0.2, 0.25) is 10.0 Å². The number of halogens is 1. The number of benzene rings is 3. The third kappa shape index (κ3) is 4.99. The van der Waals surface area contributed by atoms with Crippen LogP contribution < -0.4 is 4.72 Å². The maximum absolute atomic E-state index is 12.8. The lowest BCUT2D eigenvalue weighted by molar-refractivity contribution is 0.576. The van der Waals surface area contributed by atoms with Gasteiger partial charge in [0.05, 0.1) is 4.90 Å². The van der Waals surface area contributed by atoms with Gasteiger partial charge in [0, 0.05) is 16.1 Å². The van der Waals surface area contributed by atoms with E-state index in [1.165, 1.54) is 0 Å². The fraction of sp³-hybridized carbons (Fsp3) is 0.0909. The van der Waals surface area contributed by atoms with Gasteiger partial charge in [-0.3, -0.25) is 0 Å². The number of hydrogen-bond donors (Lipinski definition) is 1. The van der Waals surface area contributed by atoms with Crippen molar-refractivity contribution in [3.05, 3.63) is 101 Å². The first-order valence-corrected chi connectivity index (χ1v) is 10.2. The van der Waals surface area contributed by atoms with Crippen LogP contribution in [0.2, 0.25) is 5.02 Å². The van der Waals surface area contributed by atoms with Crippen molar-refractivity contribution in [2.75, 3.05) is 0 Å². The molecular weight excluding hydrogens is 378 g/mol. The van der Waals surface area contributed by atoms with Gasteiger partial charge in [-0.1, -0.05) is 77.5 Å². The van der Waals surface area contributed by atoms with Gasteiger partial charge in [0.15, 0.2) is 0 Å². The van der Waals surface area contributed by atoms with Crippen LogP contribution in [-0.2, 0) is 10.0 Å². The smallest absolute Gasteiger partial charge is 0.207 e. The Kier molecular flexibility index (Phi) is 5.98. The average Bonchev–Trinajstić information content (AvgIpc) is 2.67. The topological polar surface area (TPSA) is 46.2 Å². The SMILES string of the molecule is Cc1ccc(S(=O)(=O)NC(C#Cc2ccccc2)c2ccccc2Cl)cc1. The predicted octanol–water partition coefficient (Wildman–Crippen LogP) is 4.72. The molecule has 0 spiro atoms. The number of rotatable bonds is 4. The van der Waals surface area contributed by atoms with Gasteiger partial charge < -0.3 is 0 Å². The summed E-state index contributed by atoms with van der Waals surface area (Å²) in [5.74, 6) is 6.02. The third-order valence-corrected chi connectivity index (χ3v) is 5.74. The number of hydrogen-bond acceptors (Lipinski definition) is 2. The zero-order valence-electron chi connectivity index (χ0n) is 14.7. The number of aryl methyl sites for hydroxylation is 1. The molecule has 136 valence electrons. The minimum absolute atomic E-state index is 0.187. The van der Waals surface area contributed by atoms with Crippen LogP contribution in [-0.4, -0.2) is 8.42 Å². The molecule has 0 aliphatic carbocycles. The van der Waals surface area contributed by atoms with Crippen molar-refractivity contribution in [3.63, 3.8) is 0 Å². The first-order chi connectivity index (χ1) is 13.0. The number of sulfonamides is 1. The van der Waals surface area contributed by atoms with E-state index in [9.17, 15) is 8.42 Å². The van der Waals surface area contributed by atoms with E-state index >= 15 is 0 Å². The molecule has 0 aliphatic rings. The van der Waals surface area contributed by atoms with Gasteiger partial charge in [-0.05, 0) is 37.3 Å².